The van der Waals surface area contributed by atoms with E-state index in [0.717, 1.165) is 62.3 Å². The van der Waals surface area contributed by atoms with Gasteiger partial charge in [-0.1, -0.05) is 22.9 Å². The molecule has 1 aromatic carbocycles. The zero-order valence-electron chi connectivity index (χ0n) is 13.1. The summed E-state index contributed by atoms with van der Waals surface area (Å²) in [6.07, 6.45) is 4.28. The molecule has 1 atom stereocenters. The van der Waals surface area contributed by atoms with E-state index in [4.69, 9.17) is 9.47 Å². The van der Waals surface area contributed by atoms with E-state index >= 15 is 0 Å². The van der Waals surface area contributed by atoms with Crippen LogP contribution in [0.4, 0.5) is 0 Å². The van der Waals surface area contributed by atoms with Crippen LogP contribution in [0.1, 0.15) is 37.8 Å². The lowest BCUT2D eigenvalue weighted by molar-refractivity contribution is 0.140. The number of fused-ring (bicyclic) bond motifs is 1. The van der Waals surface area contributed by atoms with Gasteiger partial charge >= 0.3 is 0 Å². The van der Waals surface area contributed by atoms with E-state index < -0.39 is 0 Å². The molecule has 118 valence electrons. The molecule has 0 aromatic heterocycles. The Morgan fingerprint density at radius 3 is 3.00 bits per heavy atom. The van der Waals surface area contributed by atoms with Gasteiger partial charge in [0.2, 0.25) is 0 Å². The molecular weight excluding hydrogens is 330 g/mol. The van der Waals surface area contributed by atoms with Crippen LogP contribution in [0.15, 0.2) is 16.6 Å². The Hall–Kier alpha value is -0.580. The van der Waals surface area contributed by atoms with Crippen molar-refractivity contribution in [1.29, 1.82) is 0 Å². The number of hydrogen-bond acceptors (Lipinski definition) is 3. The zero-order chi connectivity index (χ0) is 15.1. The standard InChI is InChI=1S/C17H26BrNO2/c1-3-19-16(6-5-8-20-4-2)12-14-11-15(18)10-13-7-9-21-17(13)14/h10-11,16,19H,3-9,12H2,1-2H3. The lowest BCUT2D eigenvalue weighted by atomic mass is 9.99. The van der Waals surface area contributed by atoms with Crippen molar-refractivity contribution in [3.05, 3.63) is 27.7 Å². The van der Waals surface area contributed by atoms with Gasteiger partial charge in [-0.05, 0) is 56.0 Å². The minimum Gasteiger partial charge on any atom is -0.493 e. The number of hydrogen-bond donors (Lipinski definition) is 1. The molecule has 0 fully saturated rings. The van der Waals surface area contributed by atoms with Crippen LogP contribution in [0, 0.1) is 0 Å². The van der Waals surface area contributed by atoms with Gasteiger partial charge in [0.05, 0.1) is 6.61 Å². The second-order valence-electron chi connectivity index (χ2n) is 5.45. The van der Waals surface area contributed by atoms with Crippen LogP contribution in [0.25, 0.3) is 0 Å². The van der Waals surface area contributed by atoms with Crippen molar-refractivity contribution < 1.29 is 9.47 Å². The number of halogens is 1. The first-order chi connectivity index (χ1) is 10.2. The summed E-state index contributed by atoms with van der Waals surface area (Å²) in [5.41, 5.74) is 2.66. The Morgan fingerprint density at radius 2 is 2.24 bits per heavy atom. The summed E-state index contributed by atoms with van der Waals surface area (Å²) in [7, 11) is 0. The number of benzene rings is 1. The van der Waals surface area contributed by atoms with Gasteiger partial charge < -0.3 is 14.8 Å². The average molecular weight is 356 g/mol. The smallest absolute Gasteiger partial charge is 0.125 e. The highest BCUT2D eigenvalue weighted by Crippen LogP contribution is 2.34. The Labute approximate surface area is 136 Å². The summed E-state index contributed by atoms with van der Waals surface area (Å²) in [6.45, 7) is 7.68. The Balaban J connectivity index is 1.99. The first kappa shape index (κ1) is 16.8. The van der Waals surface area contributed by atoms with E-state index in [-0.39, 0.29) is 0 Å². The van der Waals surface area contributed by atoms with Crippen LogP contribution in [-0.4, -0.2) is 32.4 Å². The summed E-state index contributed by atoms with van der Waals surface area (Å²) in [5.74, 6) is 1.12. The summed E-state index contributed by atoms with van der Waals surface area (Å²) >= 11 is 3.62. The van der Waals surface area contributed by atoms with Crippen LogP contribution in [0.2, 0.25) is 0 Å². The normalized spacial score (nSPS) is 14.8. The van der Waals surface area contributed by atoms with Crippen molar-refractivity contribution in [3.8, 4) is 5.75 Å². The topological polar surface area (TPSA) is 30.5 Å². The van der Waals surface area contributed by atoms with E-state index in [2.05, 4.69) is 40.3 Å². The van der Waals surface area contributed by atoms with E-state index in [1.165, 1.54) is 11.1 Å². The molecule has 1 aliphatic heterocycles. The van der Waals surface area contributed by atoms with Crippen molar-refractivity contribution in [1.82, 2.24) is 5.32 Å². The molecule has 0 spiro atoms. The van der Waals surface area contributed by atoms with Gasteiger partial charge in [0.1, 0.15) is 5.75 Å². The van der Waals surface area contributed by atoms with Gasteiger partial charge in [-0.2, -0.15) is 0 Å². The fourth-order valence-electron chi connectivity index (χ4n) is 2.90. The average Bonchev–Trinajstić information content (AvgIpc) is 2.92. The van der Waals surface area contributed by atoms with Gasteiger partial charge in [-0.25, -0.2) is 0 Å². The molecule has 0 bridgehead atoms. The number of rotatable bonds is 9. The fourth-order valence-corrected chi connectivity index (χ4v) is 3.46. The maximum atomic E-state index is 5.83. The van der Waals surface area contributed by atoms with E-state index in [1.54, 1.807) is 0 Å². The first-order valence-electron chi connectivity index (χ1n) is 7.99. The third-order valence-corrected chi connectivity index (χ3v) is 4.29. The first-order valence-corrected chi connectivity index (χ1v) is 8.79. The molecule has 1 unspecified atom stereocenters. The molecule has 0 amide bonds. The Bertz CT molecular complexity index is 451. The molecule has 0 saturated carbocycles. The minimum absolute atomic E-state index is 0.484. The maximum Gasteiger partial charge on any atom is 0.125 e. The summed E-state index contributed by atoms with van der Waals surface area (Å²) in [4.78, 5) is 0. The van der Waals surface area contributed by atoms with Crippen LogP contribution >= 0.6 is 15.9 Å². The molecule has 1 aliphatic rings. The fraction of sp³-hybridized carbons (Fsp3) is 0.647. The highest BCUT2D eigenvalue weighted by atomic mass is 79.9. The highest BCUT2D eigenvalue weighted by molar-refractivity contribution is 9.10. The van der Waals surface area contributed by atoms with Gasteiger partial charge in [0.15, 0.2) is 0 Å². The lowest BCUT2D eigenvalue weighted by Crippen LogP contribution is -2.31. The van der Waals surface area contributed by atoms with Crippen molar-refractivity contribution in [2.45, 2.75) is 45.6 Å². The van der Waals surface area contributed by atoms with Crippen molar-refractivity contribution >= 4 is 15.9 Å². The Morgan fingerprint density at radius 1 is 1.38 bits per heavy atom. The van der Waals surface area contributed by atoms with Crippen LogP contribution in [0.5, 0.6) is 5.75 Å². The molecule has 1 heterocycles. The van der Waals surface area contributed by atoms with Crippen LogP contribution in [-0.2, 0) is 17.6 Å². The van der Waals surface area contributed by atoms with E-state index in [0.29, 0.717) is 6.04 Å². The van der Waals surface area contributed by atoms with Gasteiger partial charge in [0, 0.05) is 30.1 Å². The summed E-state index contributed by atoms with van der Waals surface area (Å²) < 4.78 is 12.4. The van der Waals surface area contributed by atoms with Crippen LogP contribution in [0.3, 0.4) is 0 Å². The highest BCUT2D eigenvalue weighted by Gasteiger charge is 2.19. The lowest BCUT2D eigenvalue weighted by Gasteiger charge is -2.19. The molecule has 4 heteroatoms. The second-order valence-corrected chi connectivity index (χ2v) is 6.37. The van der Waals surface area contributed by atoms with Crippen molar-refractivity contribution in [2.24, 2.45) is 0 Å². The Kier molecular flexibility index (Phi) is 7.00. The number of likely N-dealkylation sites (N-methyl/N-ethyl adjacent to an activating group) is 1. The molecule has 3 nitrogen and oxygen atoms in total. The van der Waals surface area contributed by atoms with Crippen LogP contribution < -0.4 is 10.1 Å². The minimum atomic E-state index is 0.484. The second kappa shape index (κ2) is 8.76. The predicted octanol–water partition coefficient (Wildman–Crippen LogP) is 3.72. The summed E-state index contributed by atoms with van der Waals surface area (Å²) in [5, 5.41) is 3.59. The maximum absolute atomic E-state index is 5.83. The predicted molar refractivity (Wildman–Crippen MR) is 90.2 cm³/mol. The van der Waals surface area contributed by atoms with Crippen molar-refractivity contribution in [3.63, 3.8) is 0 Å². The van der Waals surface area contributed by atoms with Gasteiger partial charge in [0.25, 0.3) is 0 Å². The molecule has 21 heavy (non-hydrogen) atoms. The van der Waals surface area contributed by atoms with E-state index in [1.807, 2.05) is 6.92 Å². The molecule has 2 rings (SSSR count). The summed E-state index contributed by atoms with van der Waals surface area (Å²) in [6, 6.07) is 4.87. The third-order valence-electron chi connectivity index (χ3n) is 3.83. The quantitative estimate of drug-likeness (QED) is 0.684. The van der Waals surface area contributed by atoms with Crippen molar-refractivity contribution in [2.75, 3.05) is 26.4 Å². The SMILES string of the molecule is CCNC(CCCOCC)Cc1cc(Br)cc2c1OCC2. The van der Waals surface area contributed by atoms with Gasteiger partial charge in [-0.3, -0.25) is 0 Å². The molecular formula is C17H26BrNO2. The molecule has 0 radical (unpaired) electrons. The molecule has 0 aliphatic carbocycles. The van der Waals surface area contributed by atoms with Gasteiger partial charge in [-0.15, -0.1) is 0 Å². The molecule has 0 saturated heterocycles. The molecule has 1 aromatic rings. The molecule has 1 N–H and O–H groups in total. The zero-order valence-corrected chi connectivity index (χ0v) is 14.7. The number of ether oxygens (including phenoxy) is 2. The monoisotopic (exact) mass is 355 g/mol. The largest absolute Gasteiger partial charge is 0.493 e. The third kappa shape index (κ3) is 4.97. The van der Waals surface area contributed by atoms with E-state index in [9.17, 15) is 0 Å². The number of nitrogens with one attached hydrogen (secondary N) is 1.